The maximum atomic E-state index is 11.8. The number of nitrogens with zero attached hydrogens (tertiary/aromatic N) is 2. The molecule has 0 unspecified atom stereocenters. The monoisotopic (exact) mass is 310 g/mol. The van der Waals surface area contributed by atoms with E-state index in [1.165, 1.54) is 6.20 Å². The Kier molecular flexibility index (Phi) is 4.75. The molecule has 2 rings (SSSR count). The van der Waals surface area contributed by atoms with Crippen LogP contribution in [0.4, 0.5) is 5.69 Å². The number of carbonyl (C=O) groups is 1. The van der Waals surface area contributed by atoms with Crippen molar-refractivity contribution < 1.29 is 4.79 Å². The van der Waals surface area contributed by atoms with Crippen LogP contribution in [0.1, 0.15) is 5.56 Å². The van der Waals surface area contributed by atoms with E-state index in [1.807, 2.05) is 6.92 Å². The highest BCUT2D eigenvalue weighted by Crippen LogP contribution is 2.23. The fourth-order valence-electron chi connectivity index (χ4n) is 1.43. The van der Waals surface area contributed by atoms with Gasteiger partial charge in [-0.3, -0.25) is 4.79 Å². The van der Waals surface area contributed by atoms with Crippen molar-refractivity contribution in [3.63, 3.8) is 0 Å². The van der Waals surface area contributed by atoms with Crippen LogP contribution in [0.2, 0.25) is 5.02 Å². The van der Waals surface area contributed by atoms with Crippen LogP contribution in [-0.2, 0) is 4.79 Å². The smallest absolute Gasteiger partial charge is 0.325 e. The molecule has 8 heteroatoms. The van der Waals surface area contributed by atoms with Gasteiger partial charge in [0.2, 0.25) is 5.91 Å². The second-order valence-electron chi connectivity index (χ2n) is 3.87. The second kappa shape index (κ2) is 6.53. The topological polar surface area (TPSA) is 87.7 Å². The van der Waals surface area contributed by atoms with E-state index < -0.39 is 5.69 Å². The minimum Gasteiger partial charge on any atom is -0.325 e. The van der Waals surface area contributed by atoms with Gasteiger partial charge in [0.1, 0.15) is 5.03 Å². The first-order valence-corrected chi connectivity index (χ1v) is 7.02. The van der Waals surface area contributed by atoms with Gasteiger partial charge in [0, 0.05) is 10.7 Å². The zero-order valence-corrected chi connectivity index (χ0v) is 12.1. The molecule has 0 spiro atoms. The maximum absolute atomic E-state index is 11.8. The molecule has 0 bridgehead atoms. The number of aromatic amines is 1. The van der Waals surface area contributed by atoms with Gasteiger partial charge < -0.3 is 5.32 Å². The number of amides is 1. The summed E-state index contributed by atoms with van der Waals surface area (Å²) in [5.74, 6) is -0.0770. The van der Waals surface area contributed by atoms with Crippen LogP contribution in [-0.4, -0.2) is 26.8 Å². The van der Waals surface area contributed by atoms with Gasteiger partial charge in [-0.2, -0.15) is 10.1 Å². The summed E-state index contributed by atoms with van der Waals surface area (Å²) in [6.07, 6.45) is 1.39. The Bertz CT molecular complexity index is 689. The SMILES string of the molecule is Cc1c(Cl)cccc1NC(=O)CSc1cn[nH]c(=O)n1. The van der Waals surface area contributed by atoms with Crippen molar-refractivity contribution in [1.29, 1.82) is 0 Å². The van der Waals surface area contributed by atoms with Crippen molar-refractivity contribution in [2.45, 2.75) is 11.9 Å². The molecule has 0 aliphatic heterocycles. The van der Waals surface area contributed by atoms with Gasteiger partial charge in [-0.15, -0.1) is 0 Å². The number of carbonyl (C=O) groups excluding carboxylic acids is 1. The second-order valence-corrected chi connectivity index (χ2v) is 5.28. The van der Waals surface area contributed by atoms with Gasteiger partial charge in [-0.25, -0.2) is 9.89 Å². The number of nitrogens with one attached hydrogen (secondary N) is 2. The van der Waals surface area contributed by atoms with E-state index in [2.05, 4.69) is 20.5 Å². The van der Waals surface area contributed by atoms with Crippen LogP contribution < -0.4 is 11.0 Å². The largest absolute Gasteiger partial charge is 0.362 e. The normalized spacial score (nSPS) is 10.3. The molecule has 0 radical (unpaired) electrons. The number of H-pyrrole nitrogens is 1. The molecule has 1 amide bonds. The van der Waals surface area contributed by atoms with Gasteiger partial charge in [0.25, 0.3) is 0 Å². The van der Waals surface area contributed by atoms with E-state index in [1.54, 1.807) is 18.2 Å². The number of hydrogen-bond donors (Lipinski definition) is 2. The third-order valence-corrected chi connectivity index (χ3v) is 3.75. The Morgan fingerprint density at radius 2 is 2.30 bits per heavy atom. The fraction of sp³-hybridized carbons (Fsp3) is 0.167. The lowest BCUT2D eigenvalue weighted by Crippen LogP contribution is -2.16. The quantitative estimate of drug-likeness (QED) is 0.842. The van der Waals surface area contributed by atoms with E-state index in [9.17, 15) is 9.59 Å². The number of halogens is 1. The van der Waals surface area contributed by atoms with E-state index in [0.29, 0.717) is 15.7 Å². The van der Waals surface area contributed by atoms with E-state index in [0.717, 1.165) is 17.3 Å². The molecule has 2 aromatic rings. The molecule has 1 heterocycles. The fourth-order valence-corrected chi connectivity index (χ4v) is 2.24. The van der Waals surface area contributed by atoms with Crippen molar-refractivity contribution in [1.82, 2.24) is 15.2 Å². The van der Waals surface area contributed by atoms with Crippen molar-refractivity contribution in [2.24, 2.45) is 0 Å². The van der Waals surface area contributed by atoms with E-state index >= 15 is 0 Å². The van der Waals surface area contributed by atoms with Crippen LogP contribution in [0.15, 0.2) is 34.2 Å². The molecular weight excluding hydrogens is 300 g/mol. The standard InChI is InChI=1S/C12H11ClN4O2S/c1-7-8(13)3-2-4-9(7)15-10(18)6-20-11-5-14-17-12(19)16-11/h2-5H,6H2,1H3,(H,15,18)(H,16,17,19). The predicted molar refractivity (Wildman–Crippen MR) is 78.2 cm³/mol. The molecule has 20 heavy (non-hydrogen) atoms. The van der Waals surface area contributed by atoms with Gasteiger partial charge in [-0.1, -0.05) is 29.4 Å². The molecule has 6 nitrogen and oxygen atoms in total. The molecular formula is C12H11ClN4O2S. The lowest BCUT2D eigenvalue weighted by Gasteiger charge is -2.08. The predicted octanol–water partition coefficient (Wildman–Crippen LogP) is 1.86. The minimum atomic E-state index is -0.541. The molecule has 104 valence electrons. The summed E-state index contributed by atoms with van der Waals surface area (Å²) in [6.45, 7) is 1.83. The number of hydrogen-bond acceptors (Lipinski definition) is 5. The Hall–Kier alpha value is -1.86. The van der Waals surface area contributed by atoms with Crippen molar-refractivity contribution in [3.8, 4) is 0 Å². The summed E-state index contributed by atoms with van der Waals surface area (Å²) in [5, 5.41) is 9.52. The third kappa shape index (κ3) is 3.82. The lowest BCUT2D eigenvalue weighted by atomic mass is 10.2. The van der Waals surface area contributed by atoms with E-state index in [-0.39, 0.29) is 11.7 Å². The van der Waals surface area contributed by atoms with Gasteiger partial charge in [0.05, 0.1) is 11.9 Å². The van der Waals surface area contributed by atoms with Crippen LogP contribution in [0, 0.1) is 6.92 Å². The molecule has 1 aromatic carbocycles. The van der Waals surface area contributed by atoms with Crippen molar-refractivity contribution >= 4 is 35.0 Å². The summed E-state index contributed by atoms with van der Waals surface area (Å²) in [4.78, 5) is 26.4. The highest BCUT2D eigenvalue weighted by Gasteiger charge is 2.08. The molecule has 2 N–H and O–H groups in total. The Labute approximate surface area is 124 Å². The summed E-state index contributed by atoms with van der Waals surface area (Å²) >= 11 is 7.11. The average Bonchev–Trinajstić information content (AvgIpc) is 2.42. The van der Waals surface area contributed by atoms with E-state index in [4.69, 9.17) is 11.6 Å². The third-order valence-electron chi connectivity index (χ3n) is 2.44. The first-order valence-electron chi connectivity index (χ1n) is 5.66. The van der Waals surface area contributed by atoms with Crippen LogP contribution in [0.5, 0.6) is 0 Å². The Morgan fingerprint density at radius 1 is 1.50 bits per heavy atom. The maximum Gasteiger partial charge on any atom is 0.362 e. The molecule has 1 aromatic heterocycles. The van der Waals surface area contributed by atoms with Gasteiger partial charge in [-0.05, 0) is 24.6 Å². The van der Waals surface area contributed by atoms with Gasteiger partial charge in [0.15, 0.2) is 0 Å². The molecule has 0 fully saturated rings. The van der Waals surface area contributed by atoms with Crippen LogP contribution >= 0.6 is 23.4 Å². The molecule has 0 aliphatic rings. The molecule has 0 saturated carbocycles. The lowest BCUT2D eigenvalue weighted by molar-refractivity contribution is -0.113. The molecule has 0 atom stereocenters. The van der Waals surface area contributed by atoms with Crippen LogP contribution in [0.25, 0.3) is 0 Å². The summed E-state index contributed by atoms with van der Waals surface area (Å²) < 4.78 is 0. The van der Waals surface area contributed by atoms with Crippen molar-refractivity contribution in [2.75, 3.05) is 11.1 Å². The first kappa shape index (κ1) is 14.5. The number of rotatable bonds is 4. The summed E-state index contributed by atoms with van der Waals surface area (Å²) in [5.41, 5.74) is 0.935. The Morgan fingerprint density at radius 3 is 3.05 bits per heavy atom. The summed E-state index contributed by atoms with van der Waals surface area (Å²) in [6, 6.07) is 5.30. The number of benzene rings is 1. The highest BCUT2D eigenvalue weighted by molar-refractivity contribution is 7.99. The average molecular weight is 311 g/mol. The molecule has 0 saturated heterocycles. The highest BCUT2D eigenvalue weighted by atomic mass is 35.5. The molecule has 0 aliphatic carbocycles. The number of thioether (sulfide) groups is 1. The van der Waals surface area contributed by atoms with Crippen LogP contribution in [0.3, 0.4) is 0 Å². The zero-order valence-electron chi connectivity index (χ0n) is 10.5. The number of anilines is 1. The first-order chi connectivity index (χ1) is 9.56. The zero-order chi connectivity index (χ0) is 14.5. The van der Waals surface area contributed by atoms with Gasteiger partial charge >= 0.3 is 5.69 Å². The summed E-state index contributed by atoms with van der Waals surface area (Å²) in [7, 11) is 0. The minimum absolute atomic E-state index is 0.129. The Balaban J connectivity index is 1.96. The van der Waals surface area contributed by atoms with Crippen molar-refractivity contribution in [3.05, 3.63) is 45.5 Å². The number of aromatic nitrogens is 3.